The smallest absolute Gasteiger partial charge is 0.240 e. The third-order valence-electron chi connectivity index (χ3n) is 4.72. The SMILES string of the molecule is CCn1c(S[C@@H](C)C(=O)N(CCC#N)c2ccccc2)nnc1N1CCOCC1. The molecule has 1 fully saturated rings. The number of rotatable bonds is 8. The van der Waals surface area contributed by atoms with E-state index in [1.165, 1.54) is 11.8 Å². The van der Waals surface area contributed by atoms with E-state index in [2.05, 4.69) is 21.2 Å². The molecule has 9 heteroatoms. The van der Waals surface area contributed by atoms with Gasteiger partial charge >= 0.3 is 0 Å². The fraction of sp³-hybridized carbons (Fsp3) is 0.500. The second-order valence-electron chi connectivity index (χ2n) is 6.62. The molecule has 1 aromatic carbocycles. The molecule has 0 bridgehead atoms. The number of nitrogens with zero attached hydrogens (tertiary/aromatic N) is 6. The number of anilines is 2. The lowest BCUT2D eigenvalue weighted by Crippen LogP contribution is -2.38. The van der Waals surface area contributed by atoms with Crippen molar-refractivity contribution in [2.75, 3.05) is 42.6 Å². The predicted molar refractivity (Wildman–Crippen MR) is 113 cm³/mol. The normalized spacial score (nSPS) is 15.0. The van der Waals surface area contributed by atoms with Gasteiger partial charge in [0.25, 0.3) is 0 Å². The van der Waals surface area contributed by atoms with E-state index in [0.29, 0.717) is 19.8 Å². The van der Waals surface area contributed by atoms with Gasteiger partial charge in [0, 0.05) is 31.9 Å². The summed E-state index contributed by atoms with van der Waals surface area (Å²) in [4.78, 5) is 17.0. The molecule has 1 aliphatic heterocycles. The van der Waals surface area contributed by atoms with Crippen molar-refractivity contribution in [3.8, 4) is 6.07 Å². The molecule has 0 unspecified atom stereocenters. The number of nitriles is 1. The lowest BCUT2D eigenvalue weighted by Gasteiger charge is -2.28. The van der Waals surface area contributed by atoms with Gasteiger partial charge in [-0.2, -0.15) is 5.26 Å². The lowest BCUT2D eigenvalue weighted by atomic mass is 10.2. The van der Waals surface area contributed by atoms with Crippen molar-refractivity contribution in [3.05, 3.63) is 30.3 Å². The third-order valence-corrected chi connectivity index (χ3v) is 5.79. The Balaban J connectivity index is 1.76. The van der Waals surface area contributed by atoms with Crippen molar-refractivity contribution in [1.82, 2.24) is 14.8 Å². The first-order chi connectivity index (χ1) is 14.2. The first-order valence-corrected chi connectivity index (χ1v) is 10.7. The number of thioether (sulfide) groups is 1. The largest absolute Gasteiger partial charge is 0.378 e. The lowest BCUT2D eigenvalue weighted by molar-refractivity contribution is -0.117. The maximum absolute atomic E-state index is 13.2. The van der Waals surface area contributed by atoms with E-state index in [9.17, 15) is 4.79 Å². The van der Waals surface area contributed by atoms with Crippen LogP contribution in [-0.2, 0) is 16.1 Å². The number of benzene rings is 1. The van der Waals surface area contributed by atoms with Crippen LogP contribution in [0.3, 0.4) is 0 Å². The number of para-hydroxylation sites is 1. The second-order valence-corrected chi connectivity index (χ2v) is 7.93. The molecule has 0 N–H and O–H groups in total. The molecule has 154 valence electrons. The van der Waals surface area contributed by atoms with E-state index in [1.54, 1.807) is 4.90 Å². The van der Waals surface area contributed by atoms with E-state index in [1.807, 2.05) is 48.7 Å². The van der Waals surface area contributed by atoms with Crippen LogP contribution in [0.2, 0.25) is 0 Å². The Bertz CT molecular complexity index is 844. The Kier molecular flexibility index (Phi) is 7.49. The van der Waals surface area contributed by atoms with E-state index in [-0.39, 0.29) is 17.6 Å². The summed E-state index contributed by atoms with van der Waals surface area (Å²) in [6.07, 6.45) is 0.282. The minimum Gasteiger partial charge on any atom is -0.378 e. The summed E-state index contributed by atoms with van der Waals surface area (Å²) < 4.78 is 7.46. The first-order valence-electron chi connectivity index (χ1n) is 9.81. The van der Waals surface area contributed by atoms with Gasteiger partial charge in [0.1, 0.15) is 0 Å². The highest BCUT2D eigenvalue weighted by Gasteiger charge is 2.26. The van der Waals surface area contributed by atoms with E-state index >= 15 is 0 Å². The summed E-state index contributed by atoms with van der Waals surface area (Å²) in [5.74, 6) is 0.775. The fourth-order valence-corrected chi connectivity index (χ4v) is 4.18. The highest BCUT2D eigenvalue weighted by Crippen LogP contribution is 2.28. The molecule has 0 radical (unpaired) electrons. The zero-order chi connectivity index (χ0) is 20.6. The molecule has 29 heavy (non-hydrogen) atoms. The van der Waals surface area contributed by atoms with Gasteiger partial charge in [-0.25, -0.2) is 0 Å². The Labute approximate surface area is 175 Å². The highest BCUT2D eigenvalue weighted by atomic mass is 32.2. The van der Waals surface area contributed by atoms with Crippen molar-refractivity contribution in [2.45, 2.75) is 37.2 Å². The van der Waals surface area contributed by atoms with Crippen LogP contribution in [0.25, 0.3) is 0 Å². The number of carbonyl (C=O) groups excluding carboxylic acids is 1. The number of aromatic nitrogens is 3. The molecular formula is C20H26N6O2S. The summed E-state index contributed by atoms with van der Waals surface area (Å²) in [5.41, 5.74) is 0.797. The maximum atomic E-state index is 13.2. The van der Waals surface area contributed by atoms with Crippen LogP contribution in [0.4, 0.5) is 11.6 Å². The summed E-state index contributed by atoms with van der Waals surface area (Å²) in [6.45, 7) is 7.94. The van der Waals surface area contributed by atoms with Gasteiger partial charge in [0.15, 0.2) is 5.16 Å². The van der Waals surface area contributed by atoms with E-state index in [0.717, 1.165) is 36.4 Å². The van der Waals surface area contributed by atoms with Crippen LogP contribution < -0.4 is 9.80 Å². The Morgan fingerprint density at radius 1 is 1.31 bits per heavy atom. The maximum Gasteiger partial charge on any atom is 0.240 e. The van der Waals surface area contributed by atoms with E-state index in [4.69, 9.17) is 10.00 Å². The summed E-state index contributed by atoms with van der Waals surface area (Å²) >= 11 is 1.40. The first kappa shape index (κ1) is 21.1. The number of hydrogen-bond donors (Lipinski definition) is 0. The Morgan fingerprint density at radius 3 is 2.69 bits per heavy atom. The van der Waals surface area contributed by atoms with Crippen LogP contribution >= 0.6 is 11.8 Å². The van der Waals surface area contributed by atoms with Crippen molar-refractivity contribution < 1.29 is 9.53 Å². The van der Waals surface area contributed by atoms with Gasteiger partial charge in [0.2, 0.25) is 11.9 Å². The highest BCUT2D eigenvalue weighted by molar-refractivity contribution is 8.00. The molecule has 2 heterocycles. The fourth-order valence-electron chi connectivity index (χ4n) is 3.21. The Hall–Kier alpha value is -2.57. The molecule has 1 aliphatic rings. The predicted octanol–water partition coefficient (Wildman–Crippen LogP) is 2.56. The topological polar surface area (TPSA) is 87.3 Å². The number of amides is 1. The standard InChI is InChI=1S/C20H26N6O2S/c1-3-25-19(24-12-14-28-15-13-24)22-23-20(25)29-16(2)18(27)26(11-7-10-21)17-8-5-4-6-9-17/h4-6,8-9,16H,3,7,11-15H2,1-2H3/t16-/m0/s1. The zero-order valence-corrected chi connectivity index (χ0v) is 17.6. The average Bonchev–Trinajstić information content (AvgIpc) is 3.17. The molecule has 0 saturated carbocycles. The van der Waals surface area contributed by atoms with Gasteiger partial charge in [-0.1, -0.05) is 30.0 Å². The van der Waals surface area contributed by atoms with Crippen molar-refractivity contribution in [3.63, 3.8) is 0 Å². The van der Waals surface area contributed by atoms with Crippen LogP contribution in [0.15, 0.2) is 35.5 Å². The monoisotopic (exact) mass is 414 g/mol. The molecule has 8 nitrogen and oxygen atoms in total. The molecule has 3 rings (SSSR count). The molecular weight excluding hydrogens is 388 g/mol. The summed E-state index contributed by atoms with van der Waals surface area (Å²) in [7, 11) is 0. The summed E-state index contributed by atoms with van der Waals surface area (Å²) in [5, 5.41) is 18.1. The van der Waals surface area contributed by atoms with Crippen molar-refractivity contribution >= 4 is 29.3 Å². The zero-order valence-electron chi connectivity index (χ0n) is 16.8. The molecule has 1 amide bonds. The van der Waals surface area contributed by atoms with Gasteiger partial charge in [-0.15, -0.1) is 10.2 Å². The molecule has 1 saturated heterocycles. The molecule has 0 spiro atoms. The number of ether oxygens (including phenoxy) is 1. The number of carbonyl (C=O) groups is 1. The second kappa shape index (κ2) is 10.3. The van der Waals surface area contributed by atoms with Gasteiger partial charge in [0.05, 0.1) is 31.0 Å². The van der Waals surface area contributed by atoms with Crippen LogP contribution in [0.5, 0.6) is 0 Å². The minimum atomic E-state index is -0.360. The van der Waals surface area contributed by atoms with E-state index < -0.39 is 0 Å². The number of morpholine rings is 1. The molecule has 2 aromatic rings. The molecule has 1 aromatic heterocycles. The molecule has 0 aliphatic carbocycles. The summed E-state index contributed by atoms with van der Waals surface area (Å²) in [6, 6.07) is 11.6. The average molecular weight is 415 g/mol. The van der Waals surface area contributed by atoms with Crippen molar-refractivity contribution in [1.29, 1.82) is 5.26 Å². The molecule has 1 atom stereocenters. The van der Waals surface area contributed by atoms with Gasteiger partial charge < -0.3 is 14.5 Å². The van der Waals surface area contributed by atoms with Crippen LogP contribution in [-0.4, -0.2) is 58.8 Å². The van der Waals surface area contributed by atoms with Gasteiger partial charge in [-0.05, 0) is 26.0 Å². The van der Waals surface area contributed by atoms with Crippen LogP contribution in [0, 0.1) is 11.3 Å². The van der Waals surface area contributed by atoms with Gasteiger partial charge in [-0.3, -0.25) is 9.36 Å². The van der Waals surface area contributed by atoms with Crippen LogP contribution in [0.1, 0.15) is 20.3 Å². The third kappa shape index (κ3) is 5.08. The minimum absolute atomic E-state index is 0.0463. The number of hydrogen-bond acceptors (Lipinski definition) is 7. The quantitative estimate of drug-likeness (QED) is 0.614. The Morgan fingerprint density at radius 2 is 2.03 bits per heavy atom. The van der Waals surface area contributed by atoms with Crippen molar-refractivity contribution in [2.24, 2.45) is 0 Å².